The van der Waals surface area contributed by atoms with Crippen LogP contribution in [0.5, 0.6) is 0 Å². The van der Waals surface area contributed by atoms with Crippen molar-refractivity contribution in [2.24, 2.45) is 5.41 Å². The van der Waals surface area contributed by atoms with Crippen LogP contribution in [0.3, 0.4) is 0 Å². The molecule has 0 spiro atoms. The van der Waals surface area contributed by atoms with Gasteiger partial charge in [-0.05, 0) is 50.8 Å². The monoisotopic (exact) mass is 289 g/mol. The molecule has 1 fully saturated rings. The summed E-state index contributed by atoms with van der Waals surface area (Å²) in [5.41, 5.74) is 3.71. The van der Waals surface area contributed by atoms with Gasteiger partial charge in [0.15, 0.2) is 0 Å². The number of carbonyl (C=O) groups excluding carboxylic acids is 1. The Morgan fingerprint density at radius 3 is 2.29 bits per heavy atom. The zero-order valence-corrected chi connectivity index (χ0v) is 13.2. The van der Waals surface area contributed by atoms with E-state index in [0.29, 0.717) is 25.9 Å². The number of rotatable bonds is 3. The Morgan fingerprint density at radius 2 is 1.81 bits per heavy atom. The van der Waals surface area contributed by atoms with E-state index in [9.17, 15) is 14.7 Å². The highest BCUT2D eigenvalue weighted by Crippen LogP contribution is 2.30. The van der Waals surface area contributed by atoms with Gasteiger partial charge in [0.2, 0.25) is 5.91 Å². The van der Waals surface area contributed by atoms with Crippen LogP contribution in [0.1, 0.15) is 35.6 Å². The number of aryl methyl sites for hydroxylation is 3. The summed E-state index contributed by atoms with van der Waals surface area (Å²) in [5.74, 6) is -0.796. The van der Waals surface area contributed by atoms with Gasteiger partial charge in [-0.3, -0.25) is 9.59 Å². The molecule has 1 aromatic carbocycles. The molecule has 1 aliphatic heterocycles. The standard InChI is InChI=1S/C17H23NO3/c1-11-7-12(2)14(13(3)8-11)9-15(19)18-6-5-17(4,10-18)16(20)21/h7-8H,5-6,9-10H2,1-4H3,(H,20,21). The fraction of sp³-hybridized carbons (Fsp3) is 0.529. The first-order chi connectivity index (χ1) is 9.73. The molecule has 4 nitrogen and oxygen atoms in total. The number of carboxylic acids is 1. The van der Waals surface area contributed by atoms with Crippen molar-refractivity contribution in [2.45, 2.75) is 40.5 Å². The highest BCUT2D eigenvalue weighted by atomic mass is 16.4. The molecule has 21 heavy (non-hydrogen) atoms. The molecular formula is C17H23NO3. The molecule has 1 atom stereocenters. The van der Waals surface area contributed by atoms with Crippen LogP contribution < -0.4 is 0 Å². The summed E-state index contributed by atoms with van der Waals surface area (Å²) in [6, 6.07) is 4.17. The highest BCUT2D eigenvalue weighted by molar-refractivity contribution is 5.82. The number of amides is 1. The van der Waals surface area contributed by atoms with E-state index in [4.69, 9.17) is 0 Å². The van der Waals surface area contributed by atoms with Crippen molar-refractivity contribution in [3.05, 3.63) is 34.4 Å². The Morgan fingerprint density at radius 1 is 1.24 bits per heavy atom. The Kier molecular flexibility index (Phi) is 4.08. The van der Waals surface area contributed by atoms with E-state index in [1.165, 1.54) is 5.56 Å². The highest BCUT2D eigenvalue weighted by Gasteiger charge is 2.42. The Bertz CT molecular complexity index is 571. The van der Waals surface area contributed by atoms with Gasteiger partial charge in [0.05, 0.1) is 11.8 Å². The number of aliphatic carboxylic acids is 1. The van der Waals surface area contributed by atoms with Crippen molar-refractivity contribution >= 4 is 11.9 Å². The van der Waals surface area contributed by atoms with E-state index in [-0.39, 0.29) is 5.91 Å². The first-order valence-electron chi connectivity index (χ1n) is 7.31. The molecule has 1 aliphatic rings. The van der Waals surface area contributed by atoms with Crippen LogP contribution in [0.25, 0.3) is 0 Å². The molecule has 4 heteroatoms. The summed E-state index contributed by atoms with van der Waals surface area (Å²) in [6.07, 6.45) is 0.883. The SMILES string of the molecule is Cc1cc(C)c(CC(=O)N2CCC(C)(C(=O)O)C2)c(C)c1. The van der Waals surface area contributed by atoms with Crippen molar-refractivity contribution in [3.63, 3.8) is 0 Å². The minimum Gasteiger partial charge on any atom is -0.481 e. The van der Waals surface area contributed by atoms with Crippen LogP contribution >= 0.6 is 0 Å². The third kappa shape index (κ3) is 3.09. The Hall–Kier alpha value is -1.84. The zero-order valence-electron chi connectivity index (χ0n) is 13.2. The Labute approximate surface area is 125 Å². The largest absolute Gasteiger partial charge is 0.481 e. The second kappa shape index (κ2) is 5.51. The average molecular weight is 289 g/mol. The molecule has 1 unspecified atom stereocenters. The van der Waals surface area contributed by atoms with E-state index >= 15 is 0 Å². The van der Waals surface area contributed by atoms with Crippen LogP contribution in [-0.4, -0.2) is 35.0 Å². The molecular weight excluding hydrogens is 266 g/mol. The predicted octanol–water partition coefficient (Wildman–Crippen LogP) is 2.48. The van der Waals surface area contributed by atoms with Crippen LogP contribution in [0.4, 0.5) is 0 Å². The van der Waals surface area contributed by atoms with E-state index in [0.717, 1.165) is 16.7 Å². The number of nitrogens with zero attached hydrogens (tertiary/aromatic N) is 1. The normalized spacial score (nSPS) is 21.6. The van der Waals surface area contributed by atoms with Crippen molar-refractivity contribution in [1.82, 2.24) is 4.90 Å². The number of carboxylic acid groups (broad SMARTS) is 1. The lowest BCUT2D eigenvalue weighted by Gasteiger charge is -2.21. The molecule has 0 bridgehead atoms. The first-order valence-corrected chi connectivity index (χ1v) is 7.31. The minimum atomic E-state index is -0.819. The van der Waals surface area contributed by atoms with Gasteiger partial charge in [-0.1, -0.05) is 17.7 Å². The number of hydrogen-bond donors (Lipinski definition) is 1. The first kappa shape index (κ1) is 15.5. The summed E-state index contributed by atoms with van der Waals surface area (Å²) < 4.78 is 0. The molecule has 0 aliphatic carbocycles. The molecule has 114 valence electrons. The van der Waals surface area contributed by atoms with Gasteiger partial charge >= 0.3 is 5.97 Å². The van der Waals surface area contributed by atoms with Crippen LogP contribution in [0, 0.1) is 26.2 Å². The quantitative estimate of drug-likeness (QED) is 0.930. The van der Waals surface area contributed by atoms with Crippen LogP contribution in [0.15, 0.2) is 12.1 Å². The van der Waals surface area contributed by atoms with Gasteiger partial charge in [0.1, 0.15) is 0 Å². The smallest absolute Gasteiger partial charge is 0.311 e. The van der Waals surface area contributed by atoms with Crippen LogP contribution in [-0.2, 0) is 16.0 Å². The molecule has 1 aromatic rings. The summed E-state index contributed by atoms with van der Waals surface area (Å²) in [7, 11) is 0. The van der Waals surface area contributed by atoms with E-state index in [1.54, 1.807) is 11.8 Å². The lowest BCUT2D eigenvalue weighted by atomic mass is 9.90. The molecule has 0 saturated carbocycles. The van der Waals surface area contributed by atoms with Crippen LogP contribution in [0.2, 0.25) is 0 Å². The lowest BCUT2D eigenvalue weighted by Crippen LogP contribution is -2.35. The molecule has 1 saturated heterocycles. The maximum absolute atomic E-state index is 12.4. The van der Waals surface area contributed by atoms with Gasteiger partial charge in [0.25, 0.3) is 0 Å². The summed E-state index contributed by atoms with van der Waals surface area (Å²) in [4.78, 5) is 25.4. The molecule has 1 N–H and O–H groups in total. The minimum absolute atomic E-state index is 0.0232. The third-order valence-corrected chi connectivity index (χ3v) is 4.51. The predicted molar refractivity (Wildman–Crippen MR) is 81.3 cm³/mol. The fourth-order valence-corrected chi connectivity index (χ4v) is 3.10. The van der Waals surface area contributed by atoms with E-state index in [2.05, 4.69) is 12.1 Å². The molecule has 0 aromatic heterocycles. The van der Waals surface area contributed by atoms with Gasteiger partial charge in [-0.25, -0.2) is 0 Å². The van der Waals surface area contributed by atoms with Crippen molar-refractivity contribution in [1.29, 1.82) is 0 Å². The fourth-order valence-electron chi connectivity index (χ4n) is 3.10. The summed E-state index contributed by atoms with van der Waals surface area (Å²) in [6.45, 7) is 8.65. The van der Waals surface area contributed by atoms with E-state index in [1.807, 2.05) is 20.8 Å². The lowest BCUT2D eigenvalue weighted by molar-refractivity contribution is -0.147. The second-order valence-electron chi connectivity index (χ2n) is 6.49. The number of carbonyl (C=O) groups is 2. The molecule has 1 amide bonds. The van der Waals surface area contributed by atoms with Gasteiger partial charge in [0, 0.05) is 13.1 Å². The zero-order chi connectivity index (χ0) is 15.8. The van der Waals surface area contributed by atoms with Crippen molar-refractivity contribution in [2.75, 3.05) is 13.1 Å². The second-order valence-corrected chi connectivity index (χ2v) is 6.49. The average Bonchev–Trinajstić information content (AvgIpc) is 2.78. The van der Waals surface area contributed by atoms with Gasteiger partial charge < -0.3 is 10.0 Å². The van der Waals surface area contributed by atoms with E-state index < -0.39 is 11.4 Å². The third-order valence-electron chi connectivity index (χ3n) is 4.51. The molecule has 0 radical (unpaired) electrons. The van der Waals surface area contributed by atoms with Crippen molar-refractivity contribution < 1.29 is 14.7 Å². The number of hydrogen-bond acceptors (Lipinski definition) is 2. The maximum atomic E-state index is 12.4. The number of benzene rings is 1. The number of likely N-dealkylation sites (tertiary alicyclic amines) is 1. The molecule has 2 rings (SSSR count). The Balaban J connectivity index is 2.12. The van der Waals surface area contributed by atoms with Crippen molar-refractivity contribution in [3.8, 4) is 0 Å². The maximum Gasteiger partial charge on any atom is 0.311 e. The summed E-state index contributed by atoms with van der Waals surface area (Å²) in [5, 5.41) is 9.24. The van der Waals surface area contributed by atoms with Gasteiger partial charge in [-0.2, -0.15) is 0 Å². The molecule has 1 heterocycles. The topological polar surface area (TPSA) is 57.6 Å². The summed E-state index contributed by atoms with van der Waals surface area (Å²) >= 11 is 0. The van der Waals surface area contributed by atoms with Gasteiger partial charge in [-0.15, -0.1) is 0 Å².